The second kappa shape index (κ2) is 6.86. The molecule has 0 saturated carbocycles. The van der Waals surface area contributed by atoms with E-state index in [2.05, 4.69) is 10.6 Å². The number of hydrogen-bond acceptors (Lipinski definition) is 3. The molecule has 0 aromatic heterocycles. The third-order valence-electron chi connectivity index (χ3n) is 3.69. The van der Waals surface area contributed by atoms with Crippen molar-refractivity contribution in [2.75, 3.05) is 0 Å². The number of carbonyl (C=O) groups excluding carboxylic acids is 3. The summed E-state index contributed by atoms with van der Waals surface area (Å²) in [6, 6.07) is 7.09. The Morgan fingerprint density at radius 1 is 1.17 bits per heavy atom. The first-order valence-corrected chi connectivity index (χ1v) is 7.84. The van der Waals surface area contributed by atoms with Crippen LogP contribution in [-0.4, -0.2) is 28.3 Å². The second-order valence-corrected chi connectivity index (χ2v) is 6.70. The van der Waals surface area contributed by atoms with Crippen LogP contribution in [0, 0.1) is 0 Å². The maximum absolute atomic E-state index is 12.2. The number of carbonyl (C=O) groups is 3. The first-order chi connectivity index (χ1) is 11.2. The molecule has 4 amide bonds. The molecule has 6 nitrogen and oxygen atoms in total. The molecule has 0 spiro atoms. The fraction of sp³-hybridized carbons (Fsp3) is 0.389. The Kier molecular flexibility index (Phi) is 5.07. The van der Waals surface area contributed by atoms with E-state index in [0.717, 1.165) is 16.7 Å². The van der Waals surface area contributed by atoms with Gasteiger partial charge in [0.1, 0.15) is 5.54 Å². The highest BCUT2D eigenvalue weighted by molar-refractivity contribution is 6.06. The molecule has 24 heavy (non-hydrogen) atoms. The van der Waals surface area contributed by atoms with Crippen LogP contribution in [0.1, 0.15) is 38.8 Å². The number of nitrogens with zero attached hydrogens (tertiary/aromatic N) is 1. The summed E-state index contributed by atoms with van der Waals surface area (Å²) in [5, 5.41) is 5.46. The molecule has 1 aromatic carbocycles. The smallest absolute Gasteiger partial charge is 0.325 e. The lowest BCUT2D eigenvalue weighted by Gasteiger charge is -2.16. The van der Waals surface area contributed by atoms with Gasteiger partial charge in [0, 0.05) is 12.6 Å². The predicted molar refractivity (Wildman–Crippen MR) is 90.9 cm³/mol. The fourth-order valence-corrected chi connectivity index (χ4v) is 2.41. The molecule has 1 aromatic rings. The summed E-state index contributed by atoms with van der Waals surface area (Å²) in [5.74, 6) is -0.355. The third kappa shape index (κ3) is 4.22. The van der Waals surface area contributed by atoms with E-state index in [4.69, 9.17) is 0 Å². The third-order valence-corrected chi connectivity index (χ3v) is 3.69. The highest BCUT2D eigenvalue weighted by Crippen LogP contribution is 2.19. The van der Waals surface area contributed by atoms with Crippen molar-refractivity contribution in [2.24, 2.45) is 0 Å². The monoisotopic (exact) mass is 329 g/mol. The molecule has 1 heterocycles. The van der Waals surface area contributed by atoms with Gasteiger partial charge in [-0.3, -0.25) is 14.5 Å². The molecule has 0 radical (unpaired) electrons. The Morgan fingerprint density at radius 3 is 2.25 bits per heavy atom. The zero-order chi connectivity index (χ0) is 17.9. The molecule has 128 valence electrons. The lowest BCUT2D eigenvalue weighted by Crippen LogP contribution is -2.40. The lowest BCUT2D eigenvalue weighted by atomic mass is 10.1. The minimum atomic E-state index is -0.855. The van der Waals surface area contributed by atoms with E-state index in [-0.39, 0.29) is 24.4 Å². The van der Waals surface area contributed by atoms with Crippen LogP contribution >= 0.6 is 0 Å². The summed E-state index contributed by atoms with van der Waals surface area (Å²) >= 11 is 0. The zero-order valence-electron chi connectivity index (χ0n) is 14.5. The Hall–Kier alpha value is -2.63. The number of urea groups is 1. The Labute approximate surface area is 141 Å². The van der Waals surface area contributed by atoms with Crippen LogP contribution < -0.4 is 10.6 Å². The average molecular weight is 329 g/mol. The summed E-state index contributed by atoms with van der Waals surface area (Å²) in [6.45, 7) is 7.77. The van der Waals surface area contributed by atoms with Gasteiger partial charge in [0.25, 0.3) is 5.91 Å². The number of rotatable bonds is 5. The summed E-state index contributed by atoms with van der Waals surface area (Å²) in [4.78, 5) is 36.8. The Balaban J connectivity index is 1.95. The predicted octanol–water partition coefficient (Wildman–Crippen LogP) is 2.10. The summed E-state index contributed by atoms with van der Waals surface area (Å²) in [5.41, 5.74) is 1.90. The van der Waals surface area contributed by atoms with E-state index in [1.807, 2.05) is 38.1 Å². The average Bonchev–Trinajstić information content (AvgIpc) is 2.68. The fourth-order valence-electron chi connectivity index (χ4n) is 2.41. The standard InChI is InChI=1S/C18H23N3O3/c1-12(2)9-15(22)19-10-13-5-7-14(8-6-13)11-21-16(23)18(3,4)20-17(21)24/h5-9H,10-11H2,1-4H3,(H,19,22)(H,20,24). The molecular weight excluding hydrogens is 306 g/mol. The van der Waals surface area contributed by atoms with E-state index in [1.165, 1.54) is 4.90 Å². The van der Waals surface area contributed by atoms with E-state index in [1.54, 1.807) is 19.9 Å². The highest BCUT2D eigenvalue weighted by atomic mass is 16.2. The Morgan fingerprint density at radius 2 is 1.75 bits per heavy atom. The molecule has 0 aliphatic carbocycles. The highest BCUT2D eigenvalue weighted by Gasteiger charge is 2.43. The molecule has 0 atom stereocenters. The summed E-state index contributed by atoms with van der Waals surface area (Å²) < 4.78 is 0. The van der Waals surface area contributed by atoms with Crippen LogP contribution in [0.5, 0.6) is 0 Å². The molecular formula is C18H23N3O3. The van der Waals surface area contributed by atoms with Crippen molar-refractivity contribution < 1.29 is 14.4 Å². The van der Waals surface area contributed by atoms with Crippen LogP contribution in [0.25, 0.3) is 0 Å². The van der Waals surface area contributed by atoms with Crippen molar-refractivity contribution in [3.05, 3.63) is 47.0 Å². The van der Waals surface area contributed by atoms with Gasteiger partial charge in [0.2, 0.25) is 5.91 Å². The van der Waals surface area contributed by atoms with Gasteiger partial charge in [-0.25, -0.2) is 4.79 Å². The van der Waals surface area contributed by atoms with E-state index in [9.17, 15) is 14.4 Å². The van der Waals surface area contributed by atoms with Crippen LogP contribution in [-0.2, 0) is 22.7 Å². The molecule has 1 aliphatic heterocycles. The molecule has 0 bridgehead atoms. The summed E-state index contributed by atoms with van der Waals surface area (Å²) in [7, 11) is 0. The maximum Gasteiger partial charge on any atom is 0.325 e. The number of amides is 4. The van der Waals surface area contributed by atoms with Gasteiger partial charge in [0.15, 0.2) is 0 Å². The number of imide groups is 1. The topological polar surface area (TPSA) is 78.5 Å². The van der Waals surface area contributed by atoms with E-state index in [0.29, 0.717) is 6.54 Å². The van der Waals surface area contributed by atoms with Crippen molar-refractivity contribution in [3.8, 4) is 0 Å². The van der Waals surface area contributed by atoms with Crippen molar-refractivity contribution in [2.45, 2.75) is 46.3 Å². The van der Waals surface area contributed by atoms with Crippen molar-refractivity contribution in [3.63, 3.8) is 0 Å². The number of hydrogen-bond donors (Lipinski definition) is 2. The van der Waals surface area contributed by atoms with Gasteiger partial charge >= 0.3 is 6.03 Å². The molecule has 2 N–H and O–H groups in total. The van der Waals surface area contributed by atoms with E-state index >= 15 is 0 Å². The number of nitrogens with one attached hydrogen (secondary N) is 2. The van der Waals surface area contributed by atoms with Gasteiger partial charge in [-0.05, 0) is 38.8 Å². The van der Waals surface area contributed by atoms with Crippen LogP contribution in [0.4, 0.5) is 4.79 Å². The quantitative estimate of drug-likeness (QED) is 0.641. The normalized spacial score (nSPS) is 15.9. The zero-order valence-corrected chi connectivity index (χ0v) is 14.5. The molecule has 0 unspecified atom stereocenters. The Bertz CT molecular complexity index is 686. The van der Waals surface area contributed by atoms with Gasteiger partial charge in [-0.1, -0.05) is 29.8 Å². The number of allylic oxidation sites excluding steroid dienone is 1. The van der Waals surface area contributed by atoms with Gasteiger partial charge in [-0.2, -0.15) is 0 Å². The first-order valence-electron chi connectivity index (χ1n) is 7.84. The molecule has 2 rings (SSSR count). The SMILES string of the molecule is CC(C)=CC(=O)NCc1ccc(CN2C(=O)NC(C)(C)C2=O)cc1. The first kappa shape index (κ1) is 17.7. The second-order valence-electron chi connectivity index (χ2n) is 6.70. The van der Waals surface area contributed by atoms with Gasteiger partial charge in [0.05, 0.1) is 6.54 Å². The van der Waals surface area contributed by atoms with Crippen LogP contribution in [0.2, 0.25) is 0 Å². The minimum Gasteiger partial charge on any atom is -0.348 e. The van der Waals surface area contributed by atoms with Crippen LogP contribution in [0.3, 0.4) is 0 Å². The maximum atomic E-state index is 12.2. The van der Waals surface area contributed by atoms with Gasteiger partial charge < -0.3 is 10.6 Å². The number of benzene rings is 1. The van der Waals surface area contributed by atoms with Crippen molar-refractivity contribution in [1.82, 2.24) is 15.5 Å². The largest absolute Gasteiger partial charge is 0.348 e. The summed E-state index contributed by atoms with van der Waals surface area (Å²) in [6.07, 6.45) is 1.55. The van der Waals surface area contributed by atoms with E-state index < -0.39 is 5.54 Å². The molecule has 1 saturated heterocycles. The van der Waals surface area contributed by atoms with Crippen molar-refractivity contribution >= 4 is 17.8 Å². The lowest BCUT2D eigenvalue weighted by molar-refractivity contribution is -0.130. The molecule has 1 aliphatic rings. The van der Waals surface area contributed by atoms with Gasteiger partial charge in [-0.15, -0.1) is 0 Å². The van der Waals surface area contributed by atoms with Crippen molar-refractivity contribution in [1.29, 1.82) is 0 Å². The molecule has 1 fully saturated rings. The molecule has 6 heteroatoms. The minimum absolute atomic E-state index is 0.124. The van der Waals surface area contributed by atoms with Crippen LogP contribution in [0.15, 0.2) is 35.9 Å².